The normalized spacial score (nSPS) is 14.0. The highest BCUT2D eigenvalue weighted by Gasteiger charge is 2.06. The summed E-state index contributed by atoms with van der Waals surface area (Å²) in [6.45, 7) is 0. The third-order valence-electron chi connectivity index (χ3n) is 5.40. The van der Waals surface area contributed by atoms with E-state index in [1.807, 2.05) is 0 Å². The second-order valence-electron chi connectivity index (χ2n) is 6.99. The molecule has 24 heavy (non-hydrogen) atoms. The molecule has 0 aromatic heterocycles. The molecule has 6 rings (SSSR count). The maximum Gasteiger partial charge on any atom is -0.0103 e. The molecule has 0 fully saturated rings. The summed E-state index contributed by atoms with van der Waals surface area (Å²) in [5.41, 5.74) is 5.74. The van der Waals surface area contributed by atoms with Gasteiger partial charge in [-0.15, -0.1) is 0 Å². The minimum atomic E-state index is 1.10. The van der Waals surface area contributed by atoms with Crippen LogP contribution in [0.5, 0.6) is 0 Å². The SMILES string of the molecule is c1cc2ccc1CCc1ccc3ccc4ccc(cc4c3c1)CC2. The quantitative estimate of drug-likeness (QED) is 0.356. The van der Waals surface area contributed by atoms with Crippen molar-refractivity contribution in [3.05, 3.63) is 95.1 Å². The lowest BCUT2D eigenvalue weighted by molar-refractivity contribution is 0.941. The van der Waals surface area contributed by atoms with E-state index in [0.29, 0.717) is 0 Å². The average molecular weight is 308 g/mol. The van der Waals surface area contributed by atoms with Crippen LogP contribution in [0.2, 0.25) is 0 Å². The lowest BCUT2D eigenvalue weighted by Gasteiger charge is -2.11. The number of hydrogen-bond acceptors (Lipinski definition) is 0. The Kier molecular flexibility index (Phi) is 3.16. The first kappa shape index (κ1) is 13.8. The van der Waals surface area contributed by atoms with Gasteiger partial charge in [-0.05, 0) is 69.5 Å². The number of fused-ring (bicyclic) bond motifs is 4. The minimum absolute atomic E-state index is 1.10. The van der Waals surface area contributed by atoms with Gasteiger partial charge >= 0.3 is 0 Å². The smallest absolute Gasteiger partial charge is 0.0103 e. The number of rotatable bonds is 0. The Morgan fingerprint density at radius 1 is 0.375 bits per heavy atom. The van der Waals surface area contributed by atoms with Gasteiger partial charge in [0.2, 0.25) is 0 Å². The fraction of sp³-hybridized carbons (Fsp3) is 0.167. The Morgan fingerprint density at radius 2 is 0.708 bits per heavy atom. The van der Waals surface area contributed by atoms with E-state index in [2.05, 4.69) is 72.8 Å². The van der Waals surface area contributed by atoms with E-state index < -0.39 is 0 Å². The predicted octanol–water partition coefficient (Wildman–Crippen LogP) is 5.88. The lowest BCUT2D eigenvalue weighted by Crippen LogP contribution is -1.96. The van der Waals surface area contributed by atoms with Crippen LogP contribution in [0.1, 0.15) is 22.3 Å². The molecule has 0 nitrogen and oxygen atoms in total. The molecule has 2 aliphatic rings. The monoisotopic (exact) mass is 308 g/mol. The van der Waals surface area contributed by atoms with Gasteiger partial charge in [0.15, 0.2) is 0 Å². The summed E-state index contributed by atoms with van der Waals surface area (Å²) >= 11 is 0. The first-order chi connectivity index (χ1) is 11.8. The molecule has 116 valence electrons. The maximum absolute atomic E-state index is 2.40. The fourth-order valence-corrected chi connectivity index (χ4v) is 3.90. The molecule has 6 bridgehead atoms. The van der Waals surface area contributed by atoms with Crippen LogP contribution >= 0.6 is 0 Å². The molecule has 0 amide bonds. The molecule has 0 unspecified atom stereocenters. The van der Waals surface area contributed by atoms with Crippen molar-refractivity contribution in [1.82, 2.24) is 0 Å². The van der Waals surface area contributed by atoms with Gasteiger partial charge in [0.25, 0.3) is 0 Å². The third-order valence-corrected chi connectivity index (χ3v) is 5.40. The highest BCUT2D eigenvalue weighted by atomic mass is 14.1. The van der Waals surface area contributed by atoms with Crippen LogP contribution in [0.3, 0.4) is 0 Å². The Bertz CT molecular complexity index is 953. The Morgan fingerprint density at radius 3 is 1.17 bits per heavy atom. The summed E-state index contributed by atoms with van der Waals surface area (Å²) in [4.78, 5) is 0. The van der Waals surface area contributed by atoms with Crippen LogP contribution in [0.25, 0.3) is 21.5 Å². The van der Waals surface area contributed by atoms with Crippen LogP contribution in [0, 0.1) is 0 Å². The van der Waals surface area contributed by atoms with Crippen LogP contribution in [-0.4, -0.2) is 0 Å². The molecule has 0 heteroatoms. The van der Waals surface area contributed by atoms with Crippen molar-refractivity contribution in [2.24, 2.45) is 0 Å². The molecule has 0 saturated carbocycles. The molecule has 0 saturated heterocycles. The summed E-state index contributed by atoms with van der Waals surface area (Å²) in [6, 6.07) is 27.7. The molecule has 0 heterocycles. The van der Waals surface area contributed by atoms with E-state index in [0.717, 1.165) is 25.7 Å². The van der Waals surface area contributed by atoms with E-state index >= 15 is 0 Å². The predicted molar refractivity (Wildman–Crippen MR) is 103 cm³/mol. The zero-order valence-corrected chi connectivity index (χ0v) is 13.8. The van der Waals surface area contributed by atoms with Crippen LogP contribution in [0.4, 0.5) is 0 Å². The van der Waals surface area contributed by atoms with E-state index in [1.165, 1.54) is 43.8 Å². The van der Waals surface area contributed by atoms with Crippen LogP contribution in [-0.2, 0) is 25.7 Å². The van der Waals surface area contributed by atoms with Crippen molar-refractivity contribution >= 4 is 21.5 Å². The number of benzene rings is 4. The zero-order valence-electron chi connectivity index (χ0n) is 13.8. The van der Waals surface area contributed by atoms with Gasteiger partial charge in [-0.2, -0.15) is 0 Å². The van der Waals surface area contributed by atoms with Gasteiger partial charge in [0, 0.05) is 0 Å². The minimum Gasteiger partial charge on any atom is -0.0588 e. The number of hydrogen-bond donors (Lipinski definition) is 0. The molecule has 4 aromatic rings. The fourth-order valence-electron chi connectivity index (χ4n) is 3.90. The second-order valence-corrected chi connectivity index (χ2v) is 6.99. The van der Waals surface area contributed by atoms with Crippen LogP contribution in [0.15, 0.2) is 72.8 Å². The Labute approximate surface area is 142 Å². The van der Waals surface area contributed by atoms with Gasteiger partial charge in [0.05, 0.1) is 0 Å². The van der Waals surface area contributed by atoms with Crippen molar-refractivity contribution in [3.63, 3.8) is 0 Å². The average Bonchev–Trinajstić information content (AvgIpc) is 2.65. The van der Waals surface area contributed by atoms with Gasteiger partial charge in [-0.1, -0.05) is 72.8 Å². The summed E-state index contributed by atoms with van der Waals surface area (Å²) in [6.07, 6.45) is 4.43. The van der Waals surface area contributed by atoms with E-state index in [4.69, 9.17) is 0 Å². The molecule has 0 N–H and O–H groups in total. The molecular formula is C24H20. The highest BCUT2D eigenvalue weighted by Crippen LogP contribution is 2.28. The standard InChI is InChI=1S/C24H20/c1-2-18-4-3-17(1)5-7-19-9-11-21-13-14-22-12-10-20(8-6-18)16-24(22)23(21)15-19/h1-4,9-16H,5-8H2. The molecular weight excluding hydrogens is 288 g/mol. The third kappa shape index (κ3) is 2.39. The molecule has 0 atom stereocenters. The molecule has 4 aromatic carbocycles. The van der Waals surface area contributed by atoms with Crippen molar-refractivity contribution in [1.29, 1.82) is 0 Å². The summed E-state index contributed by atoms with van der Waals surface area (Å²) < 4.78 is 0. The van der Waals surface area contributed by atoms with Crippen molar-refractivity contribution in [3.8, 4) is 0 Å². The van der Waals surface area contributed by atoms with Gasteiger partial charge < -0.3 is 0 Å². The summed E-state index contributed by atoms with van der Waals surface area (Å²) in [5.74, 6) is 0. The van der Waals surface area contributed by atoms with Gasteiger partial charge in [0.1, 0.15) is 0 Å². The largest absolute Gasteiger partial charge is 0.0588 e. The maximum atomic E-state index is 2.40. The molecule has 0 spiro atoms. The Hall–Kier alpha value is -2.60. The van der Waals surface area contributed by atoms with E-state index in [9.17, 15) is 0 Å². The number of aryl methyl sites for hydroxylation is 4. The van der Waals surface area contributed by atoms with Gasteiger partial charge in [-0.25, -0.2) is 0 Å². The summed E-state index contributed by atoms with van der Waals surface area (Å²) in [7, 11) is 0. The van der Waals surface area contributed by atoms with Gasteiger partial charge in [-0.3, -0.25) is 0 Å². The second kappa shape index (κ2) is 5.49. The van der Waals surface area contributed by atoms with Crippen molar-refractivity contribution < 1.29 is 0 Å². The van der Waals surface area contributed by atoms with Crippen molar-refractivity contribution in [2.45, 2.75) is 25.7 Å². The first-order valence-electron chi connectivity index (χ1n) is 8.87. The van der Waals surface area contributed by atoms with Crippen LogP contribution < -0.4 is 0 Å². The van der Waals surface area contributed by atoms with Crippen molar-refractivity contribution in [2.75, 3.05) is 0 Å². The lowest BCUT2D eigenvalue weighted by atomic mass is 9.94. The van der Waals surface area contributed by atoms with E-state index in [1.54, 1.807) is 0 Å². The summed E-state index contributed by atoms with van der Waals surface area (Å²) in [5, 5.41) is 5.49. The van der Waals surface area contributed by atoms with E-state index in [-0.39, 0.29) is 0 Å². The highest BCUT2D eigenvalue weighted by molar-refractivity contribution is 6.07. The zero-order chi connectivity index (χ0) is 15.9. The molecule has 0 aliphatic heterocycles. The molecule has 2 aliphatic carbocycles. The Balaban J connectivity index is 1.75. The molecule has 0 radical (unpaired) electrons. The topological polar surface area (TPSA) is 0 Å². The first-order valence-corrected chi connectivity index (χ1v) is 8.87.